The van der Waals surface area contributed by atoms with Gasteiger partial charge < -0.3 is 15.4 Å². The van der Waals surface area contributed by atoms with Gasteiger partial charge in [0.1, 0.15) is 0 Å². The van der Waals surface area contributed by atoms with Crippen LogP contribution in [0.2, 0.25) is 0 Å². The van der Waals surface area contributed by atoms with Gasteiger partial charge in [-0.3, -0.25) is 9.98 Å². The Balaban J connectivity index is 0.00000180. The molecule has 3 fully saturated rings. The molecule has 3 aliphatic rings. The fourth-order valence-electron chi connectivity index (χ4n) is 5.29. The molecule has 1 saturated heterocycles. The molecule has 5 nitrogen and oxygen atoms in total. The van der Waals surface area contributed by atoms with Crippen molar-refractivity contribution in [1.29, 1.82) is 0 Å². The minimum Gasteiger partial charge on any atom is -0.377 e. The Morgan fingerprint density at radius 2 is 2.15 bits per heavy atom. The molecule has 0 bridgehead atoms. The molecule has 1 spiro atoms. The van der Waals surface area contributed by atoms with Gasteiger partial charge in [0.2, 0.25) is 0 Å². The Kier molecular flexibility index (Phi) is 5.29. The second kappa shape index (κ2) is 7.54. The number of halogens is 1. The van der Waals surface area contributed by atoms with E-state index in [0.717, 1.165) is 24.6 Å². The molecule has 2 aliphatic carbocycles. The number of guanidine groups is 1. The van der Waals surface area contributed by atoms with Crippen molar-refractivity contribution in [1.82, 2.24) is 15.6 Å². The SMILES string of the molecule is CN=C(NCc1ccnc2ccccc12)NC1C2CCOC2C12CCC2.I. The van der Waals surface area contributed by atoms with Gasteiger partial charge in [-0.15, -0.1) is 24.0 Å². The summed E-state index contributed by atoms with van der Waals surface area (Å²) in [5.41, 5.74) is 2.64. The average molecular weight is 478 g/mol. The number of pyridine rings is 1. The fourth-order valence-corrected chi connectivity index (χ4v) is 5.29. The van der Waals surface area contributed by atoms with Crippen molar-refractivity contribution in [3.63, 3.8) is 0 Å². The van der Waals surface area contributed by atoms with Gasteiger partial charge in [0.05, 0.1) is 11.6 Å². The van der Waals surface area contributed by atoms with Crippen molar-refractivity contribution in [3.8, 4) is 0 Å². The Bertz CT molecular complexity index is 846. The van der Waals surface area contributed by atoms with Gasteiger partial charge in [0.25, 0.3) is 0 Å². The number of rotatable bonds is 3. The maximum Gasteiger partial charge on any atom is 0.191 e. The van der Waals surface area contributed by atoms with Crippen LogP contribution in [0.25, 0.3) is 10.9 Å². The summed E-state index contributed by atoms with van der Waals surface area (Å²) < 4.78 is 6.03. The van der Waals surface area contributed by atoms with Crippen molar-refractivity contribution in [3.05, 3.63) is 42.1 Å². The number of nitrogens with zero attached hydrogens (tertiary/aromatic N) is 2. The monoisotopic (exact) mass is 478 g/mol. The van der Waals surface area contributed by atoms with Crippen molar-refractivity contribution in [2.45, 2.75) is 44.4 Å². The number of aliphatic imine (C=N–C) groups is 1. The van der Waals surface area contributed by atoms with E-state index in [9.17, 15) is 0 Å². The van der Waals surface area contributed by atoms with E-state index in [-0.39, 0.29) is 24.0 Å². The van der Waals surface area contributed by atoms with Crippen molar-refractivity contribution in [2.75, 3.05) is 13.7 Å². The summed E-state index contributed by atoms with van der Waals surface area (Å²) in [6.07, 6.45) is 7.45. The zero-order valence-electron chi connectivity index (χ0n) is 15.6. The van der Waals surface area contributed by atoms with E-state index in [1.54, 1.807) is 0 Å². The fraction of sp³-hybridized carbons (Fsp3) is 0.524. The van der Waals surface area contributed by atoms with Crippen LogP contribution in [0.5, 0.6) is 0 Å². The van der Waals surface area contributed by atoms with E-state index in [1.807, 2.05) is 19.3 Å². The molecule has 0 radical (unpaired) electrons. The first-order valence-electron chi connectivity index (χ1n) is 9.73. The normalized spacial score (nSPS) is 28.0. The third-order valence-corrected chi connectivity index (χ3v) is 6.74. The van der Waals surface area contributed by atoms with Crippen molar-refractivity contribution >= 4 is 40.8 Å². The molecule has 1 aromatic carbocycles. The molecular weight excluding hydrogens is 451 g/mol. The van der Waals surface area contributed by atoms with Crippen LogP contribution in [0.3, 0.4) is 0 Å². The van der Waals surface area contributed by atoms with Crippen LogP contribution in [0, 0.1) is 11.3 Å². The molecule has 3 unspecified atom stereocenters. The number of hydrogen-bond acceptors (Lipinski definition) is 3. The third-order valence-electron chi connectivity index (χ3n) is 6.74. The lowest BCUT2D eigenvalue weighted by Crippen LogP contribution is -2.72. The summed E-state index contributed by atoms with van der Waals surface area (Å²) >= 11 is 0. The summed E-state index contributed by atoms with van der Waals surface area (Å²) in [5, 5.41) is 8.44. The number of aromatic nitrogens is 1. The van der Waals surface area contributed by atoms with Gasteiger partial charge >= 0.3 is 0 Å². The van der Waals surface area contributed by atoms with Crippen molar-refractivity contribution < 1.29 is 4.74 Å². The lowest BCUT2D eigenvalue weighted by molar-refractivity contribution is -0.171. The molecule has 1 aliphatic heterocycles. The molecule has 144 valence electrons. The average Bonchev–Trinajstić information content (AvgIpc) is 3.05. The number of hydrogen-bond donors (Lipinski definition) is 2. The van der Waals surface area contributed by atoms with Crippen LogP contribution >= 0.6 is 24.0 Å². The summed E-state index contributed by atoms with van der Waals surface area (Å²) in [5.74, 6) is 1.54. The Labute approximate surface area is 177 Å². The van der Waals surface area contributed by atoms with Crippen LogP contribution in [0.1, 0.15) is 31.2 Å². The van der Waals surface area contributed by atoms with Gasteiger partial charge in [-0.2, -0.15) is 0 Å². The highest BCUT2D eigenvalue weighted by Gasteiger charge is 2.66. The minimum atomic E-state index is 0. The Morgan fingerprint density at radius 3 is 2.93 bits per heavy atom. The highest BCUT2D eigenvalue weighted by molar-refractivity contribution is 14.0. The van der Waals surface area contributed by atoms with Gasteiger partial charge in [-0.25, -0.2) is 0 Å². The number of benzene rings is 1. The first-order chi connectivity index (χ1) is 12.8. The number of fused-ring (bicyclic) bond motifs is 3. The van der Waals surface area contributed by atoms with Gasteiger partial charge in [-0.05, 0) is 37.0 Å². The third kappa shape index (κ3) is 3.01. The summed E-state index contributed by atoms with van der Waals surface area (Å²) in [6.45, 7) is 1.66. The first kappa shape index (κ1) is 18.9. The van der Waals surface area contributed by atoms with Gasteiger partial charge in [0.15, 0.2) is 5.96 Å². The molecule has 2 N–H and O–H groups in total. The van der Waals surface area contributed by atoms with E-state index in [2.05, 4.69) is 44.9 Å². The maximum absolute atomic E-state index is 6.03. The predicted octanol–water partition coefficient (Wildman–Crippen LogP) is 3.48. The molecular formula is C21H27IN4O. The molecule has 2 aromatic rings. The van der Waals surface area contributed by atoms with E-state index in [0.29, 0.717) is 23.5 Å². The number of para-hydroxylation sites is 1. The van der Waals surface area contributed by atoms with Crippen LogP contribution in [-0.4, -0.2) is 36.7 Å². The van der Waals surface area contributed by atoms with Gasteiger partial charge in [0, 0.05) is 49.2 Å². The van der Waals surface area contributed by atoms with E-state index >= 15 is 0 Å². The molecule has 3 atom stereocenters. The first-order valence-corrected chi connectivity index (χ1v) is 9.73. The van der Waals surface area contributed by atoms with Crippen LogP contribution in [0.15, 0.2) is 41.5 Å². The van der Waals surface area contributed by atoms with Crippen LogP contribution in [-0.2, 0) is 11.3 Å². The van der Waals surface area contributed by atoms with E-state index < -0.39 is 0 Å². The number of ether oxygens (including phenoxy) is 1. The van der Waals surface area contributed by atoms with Crippen LogP contribution in [0.4, 0.5) is 0 Å². The van der Waals surface area contributed by atoms with E-state index in [1.165, 1.54) is 36.6 Å². The molecule has 2 saturated carbocycles. The largest absolute Gasteiger partial charge is 0.377 e. The Morgan fingerprint density at radius 1 is 1.30 bits per heavy atom. The predicted molar refractivity (Wildman–Crippen MR) is 118 cm³/mol. The quantitative estimate of drug-likeness (QED) is 0.403. The maximum atomic E-state index is 6.03. The van der Waals surface area contributed by atoms with Crippen LogP contribution < -0.4 is 10.6 Å². The lowest BCUT2D eigenvalue weighted by atomic mass is 9.46. The molecule has 6 heteroatoms. The van der Waals surface area contributed by atoms with E-state index in [4.69, 9.17) is 4.74 Å². The highest BCUT2D eigenvalue weighted by atomic mass is 127. The highest BCUT2D eigenvalue weighted by Crippen LogP contribution is 2.62. The summed E-state index contributed by atoms with van der Waals surface area (Å²) in [7, 11) is 1.86. The molecule has 0 amide bonds. The molecule has 1 aromatic heterocycles. The van der Waals surface area contributed by atoms with Gasteiger partial charge in [-0.1, -0.05) is 24.6 Å². The molecule has 2 heterocycles. The Hall–Kier alpha value is -1.41. The number of nitrogens with one attached hydrogen (secondary N) is 2. The summed E-state index contributed by atoms with van der Waals surface area (Å²) in [6, 6.07) is 10.9. The lowest BCUT2D eigenvalue weighted by Gasteiger charge is -2.63. The second-order valence-electron chi connectivity index (χ2n) is 7.87. The second-order valence-corrected chi connectivity index (χ2v) is 7.87. The van der Waals surface area contributed by atoms with Crippen molar-refractivity contribution in [2.24, 2.45) is 16.3 Å². The summed E-state index contributed by atoms with van der Waals surface area (Å²) in [4.78, 5) is 8.93. The standard InChI is InChI=1S/C21H26N4O.HI/c1-22-20(24-13-14-7-11-23-17-6-3-2-5-15(14)17)25-18-16-8-12-26-19(16)21(18)9-4-10-21;/h2-3,5-7,11,16,18-19H,4,8-10,12-13H2,1H3,(H2,22,24,25);1H. The zero-order valence-corrected chi connectivity index (χ0v) is 18.0. The minimum absolute atomic E-state index is 0. The zero-order chi connectivity index (χ0) is 17.6. The molecule has 27 heavy (non-hydrogen) atoms. The topological polar surface area (TPSA) is 58.5 Å². The molecule has 5 rings (SSSR count). The smallest absolute Gasteiger partial charge is 0.191 e.